The first-order valence-corrected chi connectivity index (χ1v) is 9.47. The molecule has 0 aliphatic carbocycles. The van der Waals surface area contributed by atoms with Gasteiger partial charge in [0, 0.05) is 37.8 Å². The molecule has 0 bridgehead atoms. The third-order valence-electron chi connectivity index (χ3n) is 4.87. The number of anilines is 2. The summed E-state index contributed by atoms with van der Waals surface area (Å²) in [5, 5.41) is 8.13. The van der Waals surface area contributed by atoms with Crippen LogP contribution < -0.4 is 9.80 Å². The molecule has 1 aromatic carbocycles. The molecule has 1 aliphatic heterocycles. The maximum absolute atomic E-state index is 11.5. The van der Waals surface area contributed by atoms with Crippen LogP contribution >= 0.6 is 0 Å². The Kier molecular flexibility index (Phi) is 5.33. The lowest BCUT2D eigenvalue weighted by Crippen LogP contribution is -2.47. The van der Waals surface area contributed by atoms with Crippen molar-refractivity contribution in [2.75, 3.05) is 43.1 Å². The number of methoxy groups -OCH3 is 1. The number of carbonyl (C=O) groups is 1. The molecule has 29 heavy (non-hydrogen) atoms. The van der Waals surface area contributed by atoms with Crippen molar-refractivity contribution in [1.82, 2.24) is 20.2 Å². The highest BCUT2D eigenvalue weighted by Gasteiger charge is 2.21. The van der Waals surface area contributed by atoms with Gasteiger partial charge in [-0.3, -0.25) is 0 Å². The van der Waals surface area contributed by atoms with Crippen molar-refractivity contribution in [2.45, 2.75) is 6.92 Å². The number of aromatic nitrogens is 4. The van der Waals surface area contributed by atoms with Crippen molar-refractivity contribution in [1.29, 1.82) is 0 Å². The van der Waals surface area contributed by atoms with Crippen LogP contribution in [0, 0.1) is 6.92 Å². The molecule has 0 radical (unpaired) electrons. The average Bonchev–Trinajstić information content (AvgIpc) is 2.79. The summed E-state index contributed by atoms with van der Waals surface area (Å²) < 4.78 is 4.66. The van der Waals surface area contributed by atoms with E-state index >= 15 is 0 Å². The second-order valence-electron chi connectivity index (χ2n) is 6.77. The molecule has 1 fully saturated rings. The Morgan fingerprint density at radius 3 is 2.21 bits per heavy atom. The molecule has 3 heterocycles. The molecule has 1 aliphatic rings. The van der Waals surface area contributed by atoms with E-state index < -0.39 is 5.97 Å². The molecule has 2 aromatic heterocycles. The van der Waals surface area contributed by atoms with Gasteiger partial charge in [0.15, 0.2) is 11.5 Å². The summed E-state index contributed by atoms with van der Waals surface area (Å²) in [6.07, 6.45) is 0. The Morgan fingerprint density at radius 1 is 0.897 bits per heavy atom. The lowest BCUT2D eigenvalue weighted by Gasteiger charge is -2.36. The highest BCUT2D eigenvalue weighted by atomic mass is 16.5. The molecular formula is C21H22N6O2. The van der Waals surface area contributed by atoms with Gasteiger partial charge in [-0.25, -0.2) is 14.8 Å². The van der Waals surface area contributed by atoms with Crippen molar-refractivity contribution in [3.8, 4) is 11.3 Å². The Balaban J connectivity index is 1.46. The number of hydrogen-bond donors (Lipinski definition) is 0. The predicted octanol–water partition coefficient (Wildman–Crippen LogP) is 2.36. The molecular weight excluding hydrogens is 368 g/mol. The average molecular weight is 390 g/mol. The summed E-state index contributed by atoms with van der Waals surface area (Å²) >= 11 is 0. The zero-order chi connectivity index (χ0) is 20.2. The van der Waals surface area contributed by atoms with Crippen molar-refractivity contribution in [2.24, 2.45) is 0 Å². The summed E-state index contributed by atoms with van der Waals surface area (Å²) in [6.45, 7) is 5.12. The van der Waals surface area contributed by atoms with E-state index in [9.17, 15) is 4.79 Å². The van der Waals surface area contributed by atoms with Crippen LogP contribution in [0.25, 0.3) is 11.3 Å². The van der Waals surface area contributed by atoms with E-state index in [1.165, 1.54) is 7.11 Å². The third kappa shape index (κ3) is 4.16. The zero-order valence-corrected chi connectivity index (χ0v) is 16.4. The van der Waals surface area contributed by atoms with Crippen molar-refractivity contribution in [3.05, 3.63) is 60.0 Å². The first-order chi connectivity index (χ1) is 14.1. The van der Waals surface area contributed by atoms with E-state index in [-0.39, 0.29) is 5.69 Å². The van der Waals surface area contributed by atoms with Crippen LogP contribution in [0.5, 0.6) is 0 Å². The molecule has 0 amide bonds. The van der Waals surface area contributed by atoms with Crippen LogP contribution in [-0.2, 0) is 4.74 Å². The number of esters is 1. The molecule has 0 unspecified atom stereocenters. The summed E-state index contributed by atoms with van der Waals surface area (Å²) in [7, 11) is 1.33. The summed E-state index contributed by atoms with van der Waals surface area (Å²) in [5.74, 6) is 1.96. The number of hydrogen-bond acceptors (Lipinski definition) is 8. The fraction of sp³-hybridized carbons (Fsp3) is 0.286. The number of rotatable bonds is 4. The highest BCUT2D eigenvalue weighted by Crippen LogP contribution is 2.23. The smallest absolute Gasteiger partial charge is 0.358 e. The zero-order valence-electron chi connectivity index (χ0n) is 16.4. The Labute approximate surface area is 169 Å². The maximum Gasteiger partial charge on any atom is 0.358 e. The van der Waals surface area contributed by atoms with Crippen molar-refractivity contribution in [3.63, 3.8) is 0 Å². The standard InChI is InChI=1S/C21H22N6O2/c1-15-22-18(16-6-4-3-5-7-16)14-20(23-15)27-12-10-26(11-13-27)19-9-8-17(24-25-19)21(28)29-2/h3-9,14H,10-13H2,1-2H3. The van der Waals surface area contributed by atoms with Gasteiger partial charge in [0.05, 0.1) is 12.8 Å². The highest BCUT2D eigenvalue weighted by molar-refractivity contribution is 5.87. The van der Waals surface area contributed by atoms with E-state index in [2.05, 4.69) is 46.8 Å². The van der Waals surface area contributed by atoms with Gasteiger partial charge in [0.25, 0.3) is 0 Å². The number of benzene rings is 1. The summed E-state index contributed by atoms with van der Waals surface area (Å²) in [5.41, 5.74) is 2.22. The molecule has 0 spiro atoms. The second kappa shape index (κ2) is 8.22. The van der Waals surface area contributed by atoms with E-state index in [0.717, 1.165) is 54.9 Å². The van der Waals surface area contributed by atoms with Crippen LogP contribution in [-0.4, -0.2) is 59.4 Å². The quantitative estimate of drug-likeness (QED) is 0.628. The summed E-state index contributed by atoms with van der Waals surface area (Å²) in [4.78, 5) is 25.1. The van der Waals surface area contributed by atoms with Gasteiger partial charge in [-0.1, -0.05) is 30.3 Å². The number of ether oxygens (including phenoxy) is 1. The van der Waals surface area contributed by atoms with Gasteiger partial charge in [-0.2, -0.15) is 0 Å². The SMILES string of the molecule is COC(=O)c1ccc(N2CCN(c3cc(-c4ccccc4)nc(C)n3)CC2)nn1. The fourth-order valence-electron chi connectivity index (χ4n) is 3.34. The number of aryl methyl sites for hydroxylation is 1. The molecule has 1 saturated heterocycles. The van der Waals surface area contributed by atoms with Crippen LogP contribution in [0.1, 0.15) is 16.3 Å². The van der Waals surface area contributed by atoms with Gasteiger partial charge in [-0.15, -0.1) is 10.2 Å². The predicted molar refractivity (Wildman–Crippen MR) is 110 cm³/mol. The van der Waals surface area contributed by atoms with E-state index in [1.807, 2.05) is 31.2 Å². The molecule has 148 valence electrons. The Morgan fingerprint density at radius 2 is 1.59 bits per heavy atom. The Bertz CT molecular complexity index is 986. The topological polar surface area (TPSA) is 84.3 Å². The molecule has 0 atom stereocenters. The minimum Gasteiger partial charge on any atom is -0.464 e. The first kappa shape index (κ1) is 18.8. The minimum absolute atomic E-state index is 0.208. The van der Waals surface area contributed by atoms with Gasteiger partial charge in [0.2, 0.25) is 0 Å². The molecule has 0 N–H and O–H groups in total. The van der Waals surface area contributed by atoms with E-state index in [0.29, 0.717) is 0 Å². The largest absolute Gasteiger partial charge is 0.464 e. The van der Waals surface area contributed by atoms with Gasteiger partial charge in [0.1, 0.15) is 11.6 Å². The summed E-state index contributed by atoms with van der Waals surface area (Å²) in [6, 6.07) is 15.6. The van der Waals surface area contributed by atoms with E-state index in [4.69, 9.17) is 0 Å². The third-order valence-corrected chi connectivity index (χ3v) is 4.87. The second-order valence-corrected chi connectivity index (χ2v) is 6.77. The van der Waals surface area contributed by atoms with Crippen LogP contribution in [0.4, 0.5) is 11.6 Å². The monoisotopic (exact) mass is 390 g/mol. The lowest BCUT2D eigenvalue weighted by atomic mass is 10.1. The molecule has 8 heteroatoms. The van der Waals surface area contributed by atoms with Crippen LogP contribution in [0.15, 0.2) is 48.5 Å². The van der Waals surface area contributed by atoms with Crippen molar-refractivity contribution < 1.29 is 9.53 Å². The van der Waals surface area contributed by atoms with Gasteiger partial charge < -0.3 is 14.5 Å². The van der Waals surface area contributed by atoms with Gasteiger partial charge in [-0.05, 0) is 19.1 Å². The van der Waals surface area contributed by atoms with Crippen LogP contribution in [0.2, 0.25) is 0 Å². The molecule has 4 rings (SSSR count). The minimum atomic E-state index is -0.484. The lowest BCUT2D eigenvalue weighted by molar-refractivity contribution is 0.0592. The molecule has 0 saturated carbocycles. The molecule has 8 nitrogen and oxygen atoms in total. The number of nitrogens with zero attached hydrogens (tertiary/aromatic N) is 6. The first-order valence-electron chi connectivity index (χ1n) is 9.47. The van der Waals surface area contributed by atoms with E-state index in [1.54, 1.807) is 12.1 Å². The Hall–Kier alpha value is -3.55. The maximum atomic E-state index is 11.5. The number of piperazine rings is 1. The van der Waals surface area contributed by atoms with Gasteiger partial charge >= 0.3 is 5.97 Å². The van der Waals surface area contributed by atoms with Crippen molar-refractivity contribution >= 4 is 17.6 Å². The normalized spacial score (nSPS) is 14.0. The number of carbonyl (C=O) groups excluding carboxylic acids is 1. The fourth-order valence-corrected chi connectivity index (χ4v) is 3.34. The van der Waals surface area contributed by atoms with Crippen LogP contribution in [0.3, 0.4) is 0 Å². The molecule has 3 aromatic rings.